The summed E-state index contributed by atoms with van der Waals surface area (Å²) in [4.78, 5) is 16.2. The molecular weight excluding hydrogens is 362 g/mol. The third kappa shape index (κ3) is 5.64. The molecule has 2 fully saturated rings. The van der Waals surface area contributed by atoms with Gasteiger partial charge in [0.15, 0.2) is 0 Å². The molecule has 0 bridgehead atoms. The molecule has 2 heterocycles. The topological polar surface area (TPSA) is 62.1 Å². The van der Waals surface area contributed by atoms with Gasteiger partial charge < -0.3 is 9.80 Å². The Morgan fingerprint density at radius 1 is 1.19 bits per heavy atom. The van der Waals surface area contributed by atoms with E-state index in [1.165, 1.54) is 21.0 Å². The van der Waals surface area contributed by atoms with Crippen molar-refractivity contribution in [3.63, 3.8) is 0 Å². The number of hydrogen-bond donors (Lipinski definition) is 1. The van der Waals surface area contributed by atoms with Gasteiger partial charge in [-0.1, -0.05) is 36.4 Å². The highest BCUT2D eigenvalue weighted by Crippen LogP contribution is 2.20. The Bertz CT molecular complexity index is 756. The average Bonchev–Trinajstić information content (AvgIpc) is 2.68. The number of carbonyl (C=O) groups excluding carboxylic acids is 1. The number of rotatable bonds is 5. The molecule has 6 nitrogen and oxygen atoms in total. The second kappa shape index (κ2) is 8.99. The minimum absolute atomic E-state index is 0.127. The molecule has 2 aliphatic heterocycles. The van der Waals surface area contributed by atoms with Crippen LogP contribution in [0.3, 0.4) is 0 Å². The van der Waals surface area contributed by atoms with Crippen LogP contribution >= 0.6 is 0 Å². The van der Waals surface area contributed by atoms with Crippen LogP contribution in [-0.4, -0.2) is 75.6 Å². The second-order valence-electron chi connectivity index (χ2n) is 7.55. The first-order valence-corrected chi connectivity index (χ1v) is 11.6. The predicted molar refractivity (Wildman–Crippen MR) is 107 cm³/mol. The summed E-state index contributed by atoms with van der Waals surface area (Å²) in [6.45, 7) is 5.22. The summed E-state index contributed by atoms with van der Waals surface area (Å²) in [6.07, 6.45) is 7.13. The van der Waals surface area contributed by atoms with E-state index in [9.17, 15) is 13.2 Å². The van der Waals surface area contributed by atoms with Crippen molar-refractivity contribution in [1.82, 2.24) is 9.21 Å². The summed E-state index contributed by atoms with van der Waals surface area (Å²) in [7, 11) is -3.21. The monoisotopic (exact) mass is 392 g/mol. The van der Waals surface area contributed by atoms with E-state index >= 15 is 0 Å². The summed E-state index contributed by atoms with van der Waals surface area (Å²) in [5.41, 5.74) is 1.21. The number of amides is 1. The lowest BCUT2D eigenvalue weighted by Gasteiger charge is -2.36. The number of piperidine rings is 1. The maximum Gasteiger partial charge on any atom is 0.227 e. The van der Waals surface area contributed by atoms with Gasteiger partial charge in [0.25, 0.3) is 0 Å². The van der Waals surface area contributed by atoms with Gasteiger partial charge in [-0.15, -0.1) is 0 Å². The lowest BCUT2D eigenvalue weighted by molar-refractivity contribution is -0.898. The lowest BCUT2D eigenvalue weighted by Crippen LogP contribution is -3.14. The molecule has 0 aliphatic carbocycles. The summed E-state index contributed by atoms with van der Waals surface area (Å²) < 4.78 is 25.0. The Balaban J connectivity index is 1.46. The van der Waals surface area contributed by atoms with E-state index in [4.69, 9.17) is 0 Å². The van der Waals surface area contributed by atoms with Crippen LogP contribution in [0.1, 0.15) is 18.4 Å². The Labute approximate surface area is 162 Å². The first-order valence-electron chi connectivity index (χ1n) is 9.72. The molecule has 0 unspecified atom stereocenters. The Morgan fingerprint density at radius 2 is 1.89 bits per heavy atom. The van der Waals surface area contributed by atoms with Gasteiger partial charge in [0.1, 0.15) is 0 Å². The molecule has 1 amide bonds. The largest absolute Gasteiger partial charge is 0.331 e. The molecule has 2 aliphatic rings. The smallest absolute Gasteiger partial charge is 0.227 e. The first kappa shape index (κ1) is 20.0. The van der Waals surface area contributed by atoms with Crippen molar-refractivity contribution < 1.29 is 18.1 Å². The molecule has 1 aromatic carbocycles. The molecule has 1 aromatic rings. The number of quaternary nitrogens is 1. The van der Waals surface area contributed by atoms with E-state index < -0.39 is 10.0 Å². The summed E-state index contributed by atoms with van der Waals surface area (Å²) in [5, 5.41) is 0. The summed E-state index contributed by atoms with van der Waals surface area (Å²) in [6, 6.07) is 10.3. The predicted octanol–water partition coefficient (Wildman–Crippen LogP) is 0.0985. The highest BCUT2D eigenvalue weighted by Gasteiger charge is 2.34. The van der Waals surface area contributed by atoms with E-state index in [0.29, 0.717) is 13.1 Å². The van der Waals surface area contributed by atoms with Crippen LogP contribution in [0.2, 0.25) is 0 Å². The fourth-order valence-corrected chi connectivity index (χ4v) is 4.79. The zero-order valence-corrected chi connectivity index (χ0v) is 16.8. The average molecular weight is 393 g/mol. The molecule has 1 atom stereocenters. The summed E-state index contributed by atoms with van der Waals surface area (Å²) >= 11 is 0. The standard InChI is InChI=1S/C20H29N3O3S/c1-27(25,26)23-12-6-10-19(17-23)20(24)22-15-13-21(14-16-22)11-5-9-18-7-3-2-4-8-18/h2-5,7-9,19H,6,10-17H2,1H3/p+1/b9-5+/t19-/m1/s1. The van der Waals surface area contributed by atoms with Crippen molar-refractivity contribution in [2.24, 2.45) is 5.92 Å². The van der Waals surface area contributed by atoms with Crippen LogP contribution < -0.4 is 4.90 Å². The first-order chi connectivity index (χ1) is 12.9. The highest BCUT2D eigenvalue weighted by molar-refractivity contribution is 7.88. The van der Waals surface area contributed by atoms with Crippen molar-refractivity contribution in [2.45, 2.75) is 12.8 Å². The number of piperazine rings is 1. The lowest BCUT2D eigenvalue weighted by atomic mass is 9.98. The van der Waals surface area contributed by atoms with Crippen LogP contribution in [-0.2, 0) is 14.8 Å². The maximum atomic E-state index is 12.8. The van der Waals surface area contributed by atoms with Crippen molar-refractivity contribution in [1.29, 1.82) is 0 Å². The third-order valence-corrected chi connectivity index (χ3v) is 6.77. The van der Waals surface area contributed by atoms with Gasteiger partial charge in [0.05, 0.1) is 44.9 Å². The van der Waals surface area contributed by atoms with Crippen molar-refractivity contribution in [3.05, 3.63) is 42.0 Å². The molecule has 0 spiro atoms. The van der Waals surface area contributed by atoms with Crippen LogP contribution in [0.5, 0.6) is 0 Å². The van der Waals surface area contributed by atoms with Gasteiger partial charge >= 0.3 is 0 Å². The fraction of sp³-hybridized carbons (Fsp3) is 0.550. The van der Waals surface area contributed by atoms with Gasteiger partial charge in [-0.05, 0) is 24.5 Å². The van der Waals surface area contributed by atoms with Gasteiger partial charge in [0, 0.05) is 13.1 Å². The number of carbonyl (C=O) groups is 1. The number of sulfonamides is 1. The fourth-order valence-electron chi connectivity index (χ4n) is 3.88. The number of benzene rings is 1. The minimum atomic E-state index is -3.21. The zero-order chi connectivity index (χ0) is 19.3. The molecular formula is C20H30N3O3S+. The number of hydrogen-bond acceptors (Lipinski definition) is 3. The van der Waals surface area contributed by atoms with Crippen molar-refractivity contribution in [2.75, 3.05) is 52.1 Å². The van der Waals surface area contributed by atoms with E-state index in [0.717, 1.165) is 45.6 Å². The molecule has 7 heteroatoms. The highest BCUT2D eigenvalue weighted by atomic mass is 32.2. The third-order valence-electron chi connectivity index (χ3n) is 5.50. The Kier molecular flexibility index (Phi) is 6.68. The van der Waals surface area contributed by atoms with Crippen LogP contribution in [0.25, 0.3) is 6.08 Å². The molecule has 0 radical (unpaired) electrons. The molecule has 3 rings (SSSR count). The Morgan fingerprint density at radius 3 is 2.56 bits per heavy atom. The van der Waals surface area contributed by atoms with E-state index in [1.54, 1.807) is 0 Å². The minimum Gasteiger partial charge on any atom is -0.331 e. The van der Waals surface area contributed by atoms with Gasteiger partial charge in [-0.3, -0.25) is 4.79 Å². The SMILES string of the molecule is CS(=O)(=O)N1CCC[C@@H](C(=O)N2CC[NH+](C/C=C/c3ccccc3)CC2)C1. The van der Waals surface area contributed by atoms with E-state index in [-0.39, 0.29) is 11.8 Å². The summed E-state index contributed by atoms with van der Waals surface area (Å²) in [5.74, 6) is -0.0600. The number of nitrogens with zero attached hydrogens (tertiary/aromatic N) is 2. The van der Waals surface area contributed by atoms with Gasteiger partial charge in [-0.2, -0.15) is 0 Å². The van der Waals surface area contributed by atoms with E-state index in [2.05, 4.69) is 24.3 Å². The Hall–Kier alpha value is -1.70. The zero-order valence-electron chi connectivity index (χ0n) is 16.0. The molecule has 148 valence electrons. The van der Waals surface area contributed by atoms with E-state index in [1.807, 2.05) is 23.1 Å². The quantitative estimate of drug-likeness (QED) is 0.773. The van der Waals surface area contributed by atoms with Crippen LogP contribution in [0, 0.1) is 5.92 Å². The molecule has 1 N–H and O–H groups in total. The molecule has 0 saturated carbocycles. The number of nitrogens with one attached hydrogen (secondary N) is 1. The van der Waals surface area contributed by atoms with Crippen molar-refractivity contribution in [3.8, 4) is 0 Å². The molecule has 2 saturated heterocycles. The maximum absolute atomic E-state index is 12.8. The second-order valence-corrected chi connectivity index (χ2v) is 9.54. The van der Waals surface area contributed by atoms with Gasteiger partial charge in [0.2, 0.25) is 15.9 Å². The normalized spacial score (nSPS) is 23.0. The van der Waals surface area contributed by atoms with Crippen molar-refractivity contribution >= 4 is 22.0 Å². The molecule has 0 aromatic heterocycles. The van der Waals surface area contributed by atoms with Gasteiger partial charge in [-0.25, -0.2) is 12.7 Å². The van der Waals surface area contributed by atoms with Crippen LogP contribution in [0.15, 0.2) is 36.4 Å². The molecule has 27 heavy (non-hydrogen) atoms. The van der Waals surface area contributed by atoms with Crippen LogP contribution in [0.4, 0.5) is 0 Å².